The van der Waals surface area contributed by atoms with Crippen LogP contribution in [-0.4, -0.2) is 5.78 Å². The molecule has 0 amide bonds. The molecule has 74 valence electrons. The third-order valence-corrected chi connectivity index (χ3v) is 3.94. The van der Waals surface area contributed by atoms with Gasteiger partial charge in [-0.05, 0) is 43.9 Å². The van der Waals surface area contributed by atoms with Crippen molar-refractivity contribution in [2.45, 2.75) is 46.0 Å². The van der Waals surface area contributed by atoms with Crippen LogP contribution in [0.4, 0.5) is 0 Å². The summed E-state index contributed by atoms with van der Waals surface area (Å²) < 4.78 is 0. The molecule has 0 N–H and O–H groups in total. The monoisotopic (exact) mass is 180 g/mol. The number of carbonyl (C=O) groups excluding carboxylic acids is 1. The minimum Gasteiger partial charge on any atom is -0.299 e. The van der Waals surface area contributed by atoms with Gasteiger partial charge in [0, 0.05) is 11.8 Å². The predicted molar refractivity (Wildman–Crippen MR) is 53.4 cm³/mol. The van der Waals surface area contributed by atoms with Gasteiger partial charge in [-0.2, -0.15) is 0 Å². The molecular weight excluding hydrogens is 160 g/mol. The van der Waals surface area contributed by atoms with Gasteiger partial charge in [-0.25, -0.2) is 0 Å². The summed E-state index contributed by atoms with van der Waals surface area (Å²) in [6, 6.07) is 0. The van der Waals surface area contributed by atoms with Crippen LogP contribution in [-0.2, 0) is 4.79 Å². The van der Waals surface area contributed by atoms with E-state index in [4.69, 9.17) is 0 Å². The number of carbonyl (C=O) groups is 1. The summed E-state index contributed by atoms with van der Waals surface area (Å²) in [6.07, 6.45) is 6.41. The highest BCUT2D eigenvalue weighted by molar-refractivity contribution is 5.85. The molecule has 1 heteroatoms. The molecule has 0 atom stereocenters. The normalized spacial score (nSPS) is 45.8. The Morgan fingerprint density at radius 3 is 1.62 bits per heavy atom. The van der Waals surface area contributed by atoms with Gasteiger partial charge in [0.1, 0.15) is 5.78 Å². The zero-order chi connectivity index (χ0) is 9.42. The van der Waals surface area contributed by atoms with Crippen molar-refractivity contribution >= 4 is 5.78 Å². The lowest BCUT2D eigenvalue weighted by Gasteiger charge is -2.48. The molecule has 4 fully saturated rings. The molecule has 1 nitrogen and oxygen atoms in total. The average Bonchev–Trinajstić information content (AvgIpc) is 2.16. The van der Waals surface area contributed by atoms with Gasteiger partial charge in [-0.3, -0.25) is 4.79 Å². The Morgan fingerprint density at radius 2 is 1.23 bits per heavy atom. The molecule has 0 aromatic heterocycles. The number of ketones is 1. The lowest BCUT2D eigenvalue weighted by atomic mass is 9.56. The molecule has 0 radical (unpaired) electrons. The van der Waals surface area contributed by atoms with Crippen LogP contribution in [0.3, 0.4) is 0 Å². The summed E-state index contributed by atoms with van der Waals surface area (Å²) in [5.74, 6) is 3.51. The van der Waals surface area contributed by atoms with Gasteiger partial charge in [0.25, 0.3) is 0 Å². The van der Waals surface area contributed by atoms with E-state index in [9.17, 15) is 4.79 Å². The Kier molecular flexibility index (Phi) is 2.44. The van der Waals surface area contributed by atoms with Gasteiger partial charge in [0.15, 0.2) is 0 Å². The van der Waals surface area contributed by atoms with Gasteiger partial charge in [-0.15, -0.1) is 0 Å². The van der Waals surface area contributed by atoms with Gasteiger partial charge in [0.2, 0.25) is 0 Å². The van der Waals surface area contributed by atoms with Crippen molar-refractivity contribution < 1.29 is 4.79 Å². The first kappa shape index (κ1) is 9.23. The van der Waals surface area contributed by atoms with E-state index >= 15 is 0 Å². The van der Waals surface area contributed by atoms with Crippen LogP contribution in [0.1, 0.15) is 46.0 Å². The Labute approximate surface area is 80.9 Å². The molecule has 13 heavy (non-hydrogen) atoms. The van der Waals surface area contributed by atoms with Gasteiger partial charge >= 0.3 is 0 Å². The molecule has 4 bridgehead atoms. The van der Waals surface area contributed by atoms with Crippen molar-refractivity contribution in [2.75, 3.05) is 0 Å². The molecule has 0 aromatic rings. The van der Waals surface area contributed by atoms with Crippen LogP contribution >= 0.6 is 0 Å². The summed E-state index contributed by atoms with van der Waals surface area (Å²) in [6.45, 7) is 4.00. The van der Waals surface area contributed by atoms with E-state index in [2.05, 4.69) is 0 Å². The Bertz CT molecular complexity index is 177. The first-order valence-electron chi connectivity index (χ1n) is 5.86. The van der Waals surface area contributed by atoms with Crippen LogP contribution in [0.25, 0.3) is 0 Å². The van der Waals surface area contributed by atoms with Gasteiger partial charge in [-0.1, -0.05) is 13.8 Å². The highest BCUT2D eigenvalue weighted by Gasteiger charge is 2.47. The SMILES string of the molecule is CC.O=C1C2CC3CC(C2)CC1C3. The zero-order valence-corrected chi connectivity index (χ0v) is 8.75. The fraction of sp³-hybridized carbons (Fsp3) is 0.917. The second-order valence-corrected chi connectivity index (χ2v) is 4.71. The molecule has 0 aromatic carbocycles. The van der Waals surface area contributed by atoms with E-state index in [-0.39, 0.29) is 0 Å². The van der Waals surface area contributed by atoms with Crippen LogP contribution < -0.4 is 0 Å². The first-order chi connectivity index (χ1) is 6.33. The average molecular weight is 180 g/mol. The fourth-order valence-corrected chi connectivity index (χ4v) is 3.65. The van der Waals surface area contributed by atoms with Crippen molar-refractivity contribution in [2.24, 2.45) is 23.7 Å². The predicted octanol–water partition coefficient (Wildman–Crippen LogP) is 3.04. The fourth-order valence-electron chi connectivity index (χ4n) is 3.65. The highest BCUT2D eigenvalue weighted by atomic mass is 16.1. The maximum absolute atomic E-state index is 11.6. The van der Waals surface area contributed by atoms with Crippen LogP contribution in [0.5, 0.6) is 0 Å². The Morgan fingerprint density at radius 1 is 0.846 bits per heavy atom. The highest BCUT2D eigenvalue weighted by Crippen LogP contribution is 2.51. The van der Waals surface area contributed by atoms with E-state index in [1.807, 2.05) is 13.8 Å². The minimum atomic E-state index is 0.506. The molecular formula is C12H20O. The molecule has 4 aliphatic carbocycles. The van der Waals surface area contributed by atoms with E-state index in [1.54, 1.807) is 0 Å². The summed E-state index contributed by atoms with van der Waals surface area (Å²) in [7, 11) is 0. The van der Waals surface area contributed by atoms with Crippen LogP contribution in [0.15, 0.2) is 0 Å². The molecule has 4 saturated carbocycles. The largest absolute Gasteiger partial charge is 0.299 e. The van der Waals surface area contributed by atoms with Crippen molar-refractivity contribution in [3.8, 4) is 0 Å². The zero-order valence-electron chi connectivity index (χ0n) is 8.75. The number of hydrogen-bond acceptors (Lipinski definition) is 1. The summed E-state index contributed by atoms with van der Waals surface area (Å²) in [5.41, 5.74) is 0. The second-order valence-electron chi connectivity index (χ2n) is 4.71. The van der Waals surface area contributed by atoms with E-state index in [0.29, 0.717) is 17.6 Å². The molecule has 0 heterocycles. The molecule has 0 unspecified atom stereocenters. The van der Waals surface area contributed by atoms with E-state index in [1.165, 1.54) is 32.1 Å². The summed E-state index contributed by atoms with van der Waals surface area (Å²) >= 11 is 0. The molecule has 0 saturated heterocycles. The number of hydrogen-bond donors (Lipinski definition) is 0. The quantitative estimate of drug-likeness (QED) is 0.560. The third-order valence-electron chi connectivity index (χ3n) is 3.94. The van der Waals surface area contributed by atoms with E-state index in [0.717, 1.165) is 11.8 Å². The molecule has 4 rings (SSSR count). The third kappa shape index (κ3) is 1.43. The topological polar surface area (TPSA) is 17.1 Å². The van der Waals surface area contributed by atoms with Gasteiger partial charge in [0.05, 0.1) is 0 Å². The second kappa shape index (κ2) is 3.43. The Hall–Kier alpha value is -0.330. The number of Topliss-reactive ketones (excluding diaryl/α,β-unsaturated/α-hetero) is 1. The maximum Gasteiger partial charge on any atom is 0.139 e. The first-order valence-corrected chi connectivity index (χ1v) is 5.86. The maximum atomic E-state index is 11.6. The van der Waals surface area contributed by atoms with Crippen LogP contribution in [0.2, 0.25) is 0 Å². The lowest BCUT2D eigenvalue weighted by molar-refractivity contribution is -0.139. The summed E-state index contributed by atoms with van der Waals surface area (Å²) in [4.78, 5) is 11.6. The number of rotatable bonds is 0. The van der Waals surface area contributed by atoms with Crippen LogP contribution in [0, 0.1) is 23.7 Å². The van der Waals surface area contributed by atoms with Crippen molar-refractivity contribution in [3.63, 3.8) is 0 Å². The van der Waals surface area contributed by atoms with Gasteiger partial charge < -0.3 is 0 Å². The minimum absolute atomic E-state index is 0.506. The van der Waals surface area contributed by atoms with Crippen molar-refractivity contribution in [1.82, 2.24) is 0 Å². The Balaban J connectivity index is 0.000000308. The molecule has 0 spiro atoms. The standard InChI is InChI=1S/C10H14O.C2H6/c11-10-8-2-6-1-7(4-8)5-9(10)3-6;1-2/h6-9H,1-5H2;1-2H3. The molecule has 0 aliphatic heterocycles. The van der Waals surface area contributed by atoms with E-state index < -0.39 is 0 Å². The van der Waals surface area contributed by atoms with Crippen molar-refractivity contribution in [1.29, 1.82) is 0 Å². The molecule has 4 aliphatic rings. The summed E-state index contributed by atoms with van der Waals surface area (Å²) in [5, 5.41) is 0. The lowest BCUT2D eigenvalue weighted by Crippen LogP contribution is -2.45. The smallest absolute Gasteiger partial charge is 0.139 e. The van der Waals surface area contributed by atoms with Crippen molar-refractivity contribution in [3.05, 3.63) is 0 Å².